The normalized spacial score (nSPS) is 27.2. The zero-order valence-electron chi connectivity index (χ0n) is 7.83. The minimum Gasteiger partial charge on any atom is -0.368 e. The summed E-state index contributed by atoms with van der Waals surface area (Å²) in [4.78, 5) is 22.0. The minimum atomic E-state index is -0.339. The van der Waals surface area contributed by atoms with Crippen molar-refractivity contribution in [3.05, 3.63) is 6.42 Å². The Morgan fingerprint density at radius 3 is 2.86 bits per heavy atom. The molecule has 1 aliphatic heterocycles. The van der Waals surface area contributed by atoms with E-state index in [0.29, 0.717) is 11.8 Å². The van der Waals surface area contributed by atoms with E-state index in [0.717, 1.165) is 13.0 Å². The van der Waals surface area contributed by atoms with Crippen LogP contribution >= 0.6 is 15.9 Å². The molecule has 4 nitrogen and oxygen atoms in total. The van der Waals surface area contributed by atoms with Gasteiger partial charge in [0.15, 0.2) is 0 Å². The molecule has 79 valence electrons. The molecule has 1 saturated heterocycles. The Labute approximate surface area is 91.7 Å². The van der Waals surface area contributed by atoms with Gasteiger partial charge in [-0.05, 0) is 25.3 Å². The van der Waals surface area contributed by atoms with Gasteiger partial charge >= 0.3 is 0 Å². The molecular weight excluding hydrogens is 248 g/mol. The Bertz CT molecular complexity index is 233. The van der Waals surface area contributed by atoms with Crippen molar-refractivity contribution in [1.29, 1.82) is 0 Å². The fourth-order valence-corrected chi connectivity index (χ4v) is 1.81. The average Bonchev–Trinajstić information content (AvgIpc) is 2.18. The second-order valence-electron chi connectivity index (χ2n) is 3.46. The van der Waals surface area contributed by atoms with E-state index in [9.17, 15) is 9.59 Å². The topological polar surface area (TPSA) is 72.2 Å². The van der Waals surface area contributed by atoms with Gasteiger partial charge < -0.3 is 11.1 Å². The number of nitrogens with one attached hydrogen (secondary N) is 1. The van der Waals surface area contributed by atoms with Crippen LogP contribution in [0.5, 0.6) is 0 Å². The average molecular weight is 262 g/mol. The molecule has 1 aliphatic rings. The molecule has 5 heteroatoms. The zero-order valence-corrected chi connectivity index (χ0v) is 9.42. The SMILES string of the molecule is NC(=O)C1CC([CH]C(=O)CBr)CCN1. The van der Waals surface area contributed by atoms with Crippen LogP contribution in [-0.2, 0) is 9.59 Å². The van der Waals surface area contributed by atoms with Gasteiger partial charge in [-0.2, -0.15) is 0 Å². The standard InChI is InChI=1S/C9H14BrN2O2/c10-5-7(13)3-6-1-2-12-8(4-6)9(11)14/h3,6,8,12H,1-2,4-5H2,(H2,11,14). The molecule has 1 rings (SSSR count). The van der Waals surface area contributed by atoms with Crippen LogP contribution in [0.25, 0.3) is 0 Å². The van der Waals surface area contributed by atoms with Crippen LogP contribution in [0, 0.1) is 12.3 Å². The second kappa shape index (κ2) is 5.46. The van der Waals surface area contributed by atoms with Crippen molar-refractivity contribution < 1.29 is 9.59 Å². The van der Waals surface area contributed by atoms with Gasteiger partial charge in [-0.3, -0.25) is 9.59 Å². The summed E-state index contributed by atoms with van der Waals surface area (Å²) in [7, 11) is 0. The number of alkyl halides is 1. The summed E-state index contributed by atoms with van der Waals surface area (Å²) in [6.45, 7) is 0.740. The fourth-order valence-electron chi connectivity index (χ4n) is 1.62. The van der Waals surface area contributed by atoms with Crippen molar-refractivity contribution in [2.24, 2.45) is 11.7 Å². The van der Waals surface area contributed by atoms with E-state index in [2.05, 4.69) is 21.2 Å². The number of hydrogen-bond donors (Lipinski definition) is 2. The molecule has 1 heterocycles. The molecule has 1 fully saturated rings. The molecule has 2 unspecified atom stereocenters. The van der Waals surface area contributed by atoms with E-state index in [1.807, 2.05) is 0 Å². The molecule has 3 N–H and O–H groups in total. The molecule has 1 amide bonds. The third-order valence-corrected chi connectivity index (χ3v) is 2.89. The van der Waals surface area contributed by atoms with Crippen molar-refractivity contribution in [2.75, 3.05) is 11.9 Å². The van der Waals surface area contributed by atoms with E-state index in [1.165, 1.54) is 0 Å². The lowest BCUT2D eigenvalue weighted by molar-refractivity contribution is -0.121. The van der Waals surface area contributed by atoms with Crippen molar-refractivity contribution >= 4 is 27.6 Å². The highest BCUT2D eigenvalue weighted by Gasteiger charge is 2.26. The molecule has 0 aliphatic carbocycles. The molecule has 0 bridgehead atoms. The van der Waals surface area contributed by atoms with Crippen LogP contribution in [-0.4, -0.2) is 29.6 Å². The maximum atomic E-state index is 11.1. The van der Waals surface area contributed by atoms with Crippen LogP contribution in [0.2, 0.25) is 0 Å². The van der Waals surface area contributed by atoms with Gasteiger partial charge in [-0.1, -0.05) is 15.9 Å². The van der Waals surface area contributed by atoms with E-state index < -0.39 is 0 Å². The Kier molecular flexibility index (Phi) is 4.54. The summed E-state index contributed by atoms with van der Waals surface area (Å²) >= 11 is 3.10. The Morgan fingerprint density at radius 2 is 2.29 bits per heavy atom. The number of piperidine rings is 1. The van der Waals surface area contributed by atoms with Crippen LogP contribution in [0.3, 0.4) is 0 Å². The van der Waals surface area contributed by atoms with Crippen LogP contribution in [0.1, 0.15) is 12.8 Å². The lowest BCUT2D eigenvalue weighted by Crippen LogP contribution is -2.47. The van der Waals surface area contributed by atoms with E-state index in [-0.39, 0.29) is 23.7 Å². The number of Topliss-reactive ketones (excluding diaryl/α,β-unsaturated/α-hetero) is 1. The molecule has 0 aromatic heterocycles. The van der Waals surface area contributed by atoms with E-state index in [4.69, 9.17) is 5.73 Å². The van der Waals surface area contributed by atoms with Crippen LogP contribution in [0.4, 0.5) is 0 Å². The predicted molar refractivity (Wildman–Crippen MR) is 56.8 cm³/mol. The maximum Gasteiger partial charge on any atom is 0.234 e. The Balaban J connectivity index is 2.40. The van der Waals surface area contributed by atoms with Gasteiger partial charge in [0.25, 0.3) is 0 Å². The third kappa shape index (κ3) is 3.38. The Morgan fingerprint density at radius 1 is 1.57 bits per heavy atom. The first-order chi connectivity index (χ1) is 6.63. The zero-order chi connectivity index (χ0) is 10.6. The molecule has 0 spiro atoms. The summed E-state index contributed by atoms with van der Waals surface area (Å²) in [6, 6.07) is -0.284. The molecule has 14 heavy (non-hydrogen) atoms. The van der Waals surface area contributed by atoms with Gasteiger partial charge in [-0.15, -0.1) is 0 Å². The molecular formula is C9H14BrN2O2. The fraction of sp³-hybridized carbons (Fsp3) is 0.667. The monoisotopic (exact) mass is 261 g/mol. The summed E-state index contributed by atoms with van der Waals surface area (Å²) in [5.74, 6) is -0.0895. The molecule has 0 aromatic carbocycles. The lowest BCUT2D eigenvalue weighted by atomic mass is 9.88. The van der Waals surface area contributed by atoms with Crippen molar-refractivity contribution in [3.63, 3.8) is 0 Å². The Hall–Kier alpha value is -0.420. The number of rotatable bonds is 4. The molecule has 0 saturated carbocycles. The largest absolute Gasteiger partial charge is 0.368 e. The van der Waals surface area contributed by atoms with Crippen molar-refractivity contribution in [2.45, 2.75) is 18.9 Å². The number of halogens is 1. The van der Waals surface area contributed by atoms with Crippen molar-refractivity contribution in [1.82, 2.24) is 5.32 Å². The number of nitrogens with two attached hydrogens (primary N) is 1. The highest BCUT2D eigenvalue weighted by molar-refractivity contribution is 9.09. The second-order valence-corrected chi connectivity index (χ2v) is 4.02. The molecule has 2 atom stereocenters. The van der Waals surface area contributed by atoms with E-state index in [1.54, 1.807) is 6.42 Å². The number of carbonyl (C=O) groups is 2. The first-order valence-electron chi connectivity index (χ1n) is 4.60. The van der Waals surface area contributed by atoms with Gasteiger partial charge in [0.2, 0.25) is 5.91 Å². The summed E-state index contributed by atoms with van der Waals surface area (Å²) in [5, 5.41) is 3.37. The highest BCUT2D eigenvalue weighted by atomic mass is 79.9. The number of hydrogen-bond acceptors (Lipinski definition) is 3. The quantitative estimate of drug-likeness (QED) is 0.701. The van der Waals surface area contributed by atoms with Crippen LogP contribution in [0.15, 0.2) is 0 Å². The van der Waals surface area contributed by atoms with Gasteiger partial charge in [0, 0.05) is 6.42 Å². The summed E-state index contributed by atoms with van der Waals surface area (Å²) < 4.78 is 0. The van der Waals surface area contributed by atoms with Crippen molar-refractivity contribution in [3.8, 4) is 0 Å². The number of ketones is 1. The summed E-state index contributed by atoms with van der Waals surface area (Å²) in [6.07, 6.45) is 3.21. The number of primary amides is 1. The molecule has 1 radical (unpaired) electrons. The predicted octanol–water partition coefficient (Wildman–Crippen LogP) is 0.00819. The number of carbonyl (C=O) groups excluding carboxylic acids is 2. The summed E-state index contributed by atoms with van der Waals surface area (Å²) in [5.41, 5.74) is 5.18. The van der Waals surface area contributed by atoms with E-state index >= 15 is 0 Å². The number of amides is 1. The third-order valence-electron chi connectivity index (χ3n) is 2.34. The smallest absolute Gasteiger partial charge is 0.234 e. The first kappa shape index (κ1) is 11.7. The first-order valence-corrected chi connectivity index (χ1v) is 5.72. The maximum absolute atomic E-state index is 11.1. The minimum absolute atomic E-state index is 0.0696. The van der Waals surface area contributed by atoms with Gasteiger partial charge in [0.1, 0.15) is 5.78 Å². The highest BCUT2D eigenvalue weighted by Crippen LogP contribution is 2.19. The van der Waals surface area contributed by atoms with Gasteiger partial charge in [0.05, 0.1) is 11.4 Å². The van der Waals surface area contributed by atoms with Crippen LogP contribution < -0.4 is 11.1 Å². The molecule has 0 aromatic rings. The van der Waals surface area contributed by atoms with Gasteiger partial charge in [-0.25, -0.2) is 0 Å². The lowest BCUT2D eigenvalue weighted by Gasteiger charge is -2.27.